The smallest absolute Gasteiger partial charge is 0.253 e. The van der Waals surface area contributed by atoms with Gasteiger partial charge in [0, 0.05) is 25.2 Å². The minimum Gasteiger partial charge on any atom is -0.337 e. The summed E-state index contributed by atoms with van der Waals surface area (Å²) in [6.45, 7) is 1.94. The first-order valence-corrected chi connectivity index (χ1v) is 8.33. The number of carbonyl (C=O) groups is 1. The van der Waals surface area contributed by atoms with Gasteiger partial charge in [-0.3, -0.25) is 4.79 Å². The van der Waals surface area contributed by atoms with Crippen molar-refractivity contribution in [3.05, 3.63) is 35.4 Å². The Balaban J connectivity index is 0.00000176. The van der Waals surface area contributed by atoms with Crippen molar-refractivity contribution < 1.29 is 4.79 Å². The molecule has 3 rings (SSSR count). The highest BCUT2D eigenvalue weighted by Crippen LogP contribution is 2.32. The van der Waals surface area contributed by atoms with Crippen LogP contribution in [0.15, 0.2) is 24.3 Å². The van der Waals surface area contributed by atoms with Crippen LogP contribution in [0, 0.1) is 0 Å². The van der Waals surface area contributed by atoms with Crippen molar-refractivity contribution in [3.63, 3.8) is 0 Å². The van der Waals surface area contributed by atoms with Crippen LogP contribution in [0.4, 0.5) is 0 Å². The van der Waals surface area contributed by atoms with Gasteiger partial charge in [-0.15, -0.1) is 12.4 Å². The van der Waals surface area contributed by atoms with Gasteiger partial charge in [-0.05, 0) is 49.4 Å². The molecule has 1 aromatic rings. The fourth-order valence-corrected chi connectivity index (χ4v) is 3.67. The van der Waals surface area contributed by atoms with E-state index >= 15 is 0 Å². The zero-order valence-corrected chi connectivity index (χ0v) is 14.2. The number of likely N-dealkylation sites (N-methyl/N-ethyl adjacent to an activating group) is 1. The molecule has 0 aromatic heterocycles. The summed E-state index contributed by atoms with van der Waals surface area (Å²) in [6.07, 6.45) is 7.75. The highest BCUT2D eigenvalue weighted by molar-refractivity contribution is 5.94. The predicted octanol–water partition coefficient (Wildman–Crippen LogP) is 3.59. The average Bonchev–Trinajstić information content (AvgIpc) is 3.09. The highest BCUT2D eigenvalue weighted by atomic mass is 35.5. The highest BCUT2D eigenvalue weighted by Gasteiger charge is 2.24. The molecule has 4 heteroatoms. The Bertz CT molecular complexity index is 476. The van der Waals surface area contributed by atoms with Gasteiger partial charge in [0.05, 0.1) is 0 Å². The van der Waals surface area contributed by atoms with Crippen LogP contribution >= 0.6 is 12.4 Å². The Hall–Kier alpha value is -1.06. The summed E-state index contributed by atoms with van der Waals surface area (Å²) in [6, 6.07) is 8.72. The number of hydrogen-bond donors (Lipinski definition) is 1. The molecule has 2 fully saturated rings. The van der Waals surface area contributed by atoms with Gasteiger partial charge < -0.3 is 10.2 Å². The largest absolute Gasteiger partial charge is 0.337 e. The van der Waals surface area contributed by atoms with Crippen molar-refractivity contribution in [2.45, 2.75) is 50.5 Å². The Morgan fingerprint density at radius 1 is 1.09 bits per heavy atom. The third-order valence-electron chi connectivity index (χ3n) is 5.14. The second kappa shape index (κ2) is 7.98. The quantitative estimate of drug-likeness (QED) is 0.922. The molecule has 1 saturated heterocycles. The fourth-order valence-electron chi connectivity index (χ4n) is 3.67. The molecule has 1 aliphatic heterocycles. The molecule has 1 saturated carbocycles. The fraction of sp³-hybridized carbons (Fsp3) is 0.611. The normalized spacial score (nSPS) is 22.1. The van der Waals surface area contributed by atoms with E-state index in [0.29, 0.717) is 12.0 Å². The van der Waals surface area contributed by atoms with Crippen molar-refractivity contribution in [3.8, 4) is 0 Å². The van der Waals surface area contributed by atoms with Gasteiger partial charge in [0.2, 0.25) is 0 Å². The van der Waals surface area contributed by atoms with Gasteiger partial charge in [-0.2, -0.15) is 0 Å². The molecule has 1 amide bonds. The van der Waals surface area contributed by atoms with E-state index in [2.05, 4.69) is 17.4 Å². The van der Waals surface area contributed by atoms with Crippen LogP contribution in [-0.2, 0) is 0 Å². The Morgan fingerprint density at radius 3 is 2.36 bits per heavy atom. The maximum Gasteiger partial charge on any atom is 0.253 e. The minimum atomic E-state index is 0. The van der Waals surface area contributed by atoms with E-state index in [4.69, 9.17) is 0 Å². The molecular weight excluding hydrogens is 296 g/mol. The minimum absolute atomic E-state index is 0. The number of hydrogen-bond acceptors (Lipinski definition) is 2. The van der Waals surface area contributed by atoms with Crippen LogP contribution in [0.5, 0.6) is 0 Å². The van der Waals surface area contributed by atoms with Crippen LogP contribution in [0.1, 0.15) is 60.4 Å². The number of benzene rings is 1. The number of halogens is 1. The van der Waals surface area contributed by atoms with E-state index in [1.807, 2.05) is 24.1 Å². The number of nitrogens with one attached hydrogen (secondary N) is 1. The third-order valence-corrected chi connectivity index (χ3v) is 5.14. The molecule has 1 atom stereocenters. The summed E-state index contributed by atoms with van der Waals surface area (Å²) in [5.74, 6) is 0.860. The lowest BCUT2D eigenvalue weighted by atomic mass is 9.84. The summed E-state index contributed by atoms with van der Waals surface area (Å²) in [4.78, 5) is 14.4. The SMILES string of the molecule is CN(C(=O)c1ccc(C2CCCCC2)cc1)C1CCNC1.Cl. The first-order valence-electron chi connectivity index (χ1n) is 8.33. The van der Waals surface area contributed by atoms with Gasteiger partial charge in [-0.25, -0.2) is 0 Å². The van der Waals surface area contributed by atoms with Crippen molar-refractivity contribution in [2.75, 3.05) is 20.1 Å². The number of carbonyl (C=O) groups excluding carboxylic acids is 1. The van der Waals surface area contributed by atoms with Crippen LogP contribution in [0.25, 0.3) is 0 Å². The molecule has 2 aliphatic rings. The molecule has 22 heavy (non-hydrogen) atoms. The molecule has 0 radical (unpaired) electrons. The molecule has 0 spiro atoms. The van der Waals surface area contributed by atoms with Gasteiger partial charge in [0.15, 0.2) is 0 Å². The third kappa shape index (κ3) is 3.82. The van der Waals surface area contributed by atoms with Crippen LogP contribution in [0.2, 0.25) is 0 Å². The molecule has 1 heterocycles. The summed E-state index contributed by atoms with van der Waals surface area (Å²) >= 11 is 0. The summed E-state index contributed by atoms with van der Waals surface area (Å²) in [5.41, 5.74) is 2.24. The van der Waals surface area contributed by atoms with Crippen molar-refractivity contribution in [1.29, 1.82) is 0 Å². The maximum atomic E-state index is 12.5. The molecule has 122 valence electrons. The van der Waals surface area contributed by atoms with Crippen molar-refractivity contribution >= 4 is 18.3 Å². The molecule has 3 nitrogen and oxygen atoms in total. The van der Waals surface area contributed by atoms with Crippen LogP contribution in [0.3, 0.4) is 0 Å². The second-order valence-corrected chi connectivity index (χ2v) is 6.52. The van der Waals surface area contributed by atoms with Gasteiger partial charge in [0.1, 0.15) is 0 Å². The summed E-state index contributed by atoms with van der Waals surface area (Å²) in [5, 5.41) is 3.32. The van der Waals surface area contributed by atoms with E-state index in [0.717, 1.165) is 25.1 Å². The lowest BCUT2D eigenvalue weighted by Gasteiger charge is -2.25. The van der Waals surface area contributed by atoms with E-state index in [9.17, 15) is 4.79 Å². The number of rotatable bonds is 3. The summed E-state index contributed by atoms with van der Waals surface area (Å²) in [7, 11) is 1.93. The predicted molar refractivity (Wildman–Crippen MR) is 92.9 cm³/mol. The zero-order valence-electron chi connectivity index (χ0n) is 13.4. The van der Waals surface area contributed by atoms with Crippen LogP contribution in [-0.4, -0.2) is 37.0 Å². The van der Waals surface area contributed by atoms with E-state index in [1.165, 1.54) is 37.7 Å². The molecule has 1 unspecified atom stereocenters. The molecular formula is C18H27ClN2O. The Morgan fingerprint density at radius 2 is 1.77 bits per heavy atom. The monoisotopic (exact) mass is 322 g/mol. The maximum absolute atomic E-state index is 12.5. The zero-order chi connectivity index (χ0) is 14.7. The average molecular weight is 323 g/mol. The van der Waals surface area contributed by atoms with Gasteiger partial charge in [-0.1, -0.05) is 31.4 Å². The second-order valence-electron chi connectivity index (χ2n) is 6.52. The van der Waals surface area contributed by atoms with Gasteiger partial charge in [0.25, 0.3) is 5.91 Å². The lowest BCUT2D eigenvalue weighted by Crippen LogP contribution is -2.38. The Labute approximate surface area is 139 Å². The Kier molecular flexibility index (Phi) is 6.27. The van der Waals surface area contributed by atoms with E-state index < -0.39 is 0 Å². The molecule has 1 N–H and O–H groups in total. The topological polar surface area (TPSA) is 32.3 Å². The molecule has 0 bridgehead atoms. The molecule has 1 aromatic carbocycles. The standard InChI is InChI=1S/C18H26N2O.ClH/c1-20(17-11-12-19-13-17)18(21)16-9-7-15(8-10-16)14-5-3-2-4-6-14;/h7-10,14,17,19H,2-6,11-13H2,1H3;1H. The number of amides is 1. The lowest BCUT2D eigenvalue weighted by molar-refractivity contribution is 0.0744. The molecule has 1 aliphatic carbocycles. The van der Waals surface area contributed by atoms with Crippen LogP contribution < -0.4 is 5.32 Å². The summed E-state index contributed by atoms with van der Waals surface area (Å²) < 4.78 is 0. The van der Waals surface area contributed by atoms with Gasteiger partial charge >= 0.3 is 0 Å². The first kappa shape index (κ1) is 17.3. The van der Waals surface area contributed by atoms with E-state index in [1.54, 1.807) is 0 Å². The van der Waals surface area contributed by atoms with E-state index in [-0.39, 0.29) is 18.3 Å². The first-order chi connectivity index (χ1) is 10.3. The van der Waals surface area contributed by atoms with Crippen molar-refractivity contribution in [1.82, 2.24) is 10.2 Å². The number of nitrogens with zero attached hydrogens (tertiary/aromatic N) is 1. The van der Waals surface area contributed by atoms with Crippen molar-refractivity contribution in [2.24, 2.45) is 0 Å².